The Hall–Kier alpha value is -2.95. The molecular formula is C19H16F3N3O4S. The van der Waals surface area contributed by atoms with Crippen molar-refractivity contribution in [1.82, 2.24) is 9.88 Å². The number of nitrogens with zero attached hydrogens (tertiary/aromatic N) is 3. The van der Waals surface area contributed by atoms with Crippen LogP contribution in [0.3, 0.4) is 0 Å². The van der Waals surface area contributed by atoms with E-state index in [9.17, 15) is 31.2 Å². The number of carbonyl (C=O) groups excluding carboxylic acids is 2. The Morgan fingerprint density at radius 1 is 1.10 bits per heavy atom. The maximum Gasteiger partial charge on any atom is 0.501 e. The summed E-state index contributed by atoms with van der Waals surface area (Å²) in [6.07, 6.45) is 4.20. The molecule has 30 heavy (non-hydrogen) atoms. The average molecular weight is 439 g/mol. The number of pyridine rings is 1. The summed E-state index contributed by atoms with van der Waals surface area (Å²) >= 11 is 0. The van der Waals surface area contributed by atoms with E-state index in [2.05, 4.69) is 4.98 Å². The Labute approximate surface area is 170 Å². The third-order valence-electron chi connectivity index (χ3n) is 5.44. The number of halogens is 3. The first-order valence-electron chi connectivity index (χ1n) is 8.96. The number of hydrogen-bond donors (Lipinski definition) is 0. The van der Waals surface area contributed by atoms with Gasteiger partial charge in [-0.1, -0.05) is 0 Å². The number of hydrogen-bond acceptors (Lipinski definition) is 5. The summed E-state index contributed by atoms with van der Waals surface area (Å²) in [4.78, 5) is 31.4. The van der Waals surface area contributed by atoms with Crippen LogP contribution in [0, 0.1) is 6.92 Å². The van der Waals surface area contributed by atoms with Gasteiger partial charge >= 0.3 is 11.5 Å². The minimum Gasteiger partial charge on any atom is -0.305 e. The van der Waals surface area contributed by atoms with Gasteiger partial charge in [-0.25, -0.2) is 18.1 Å². The van der Waals surface area contributed by atoms with Gasteiger partial charge < -0.3 is 4.90 Å². The van der Waals surface area contributed by atoms with Crippen molar-refractivity contribution in [3.8, 4) is 0 Å². The van der Waals surface area contributed by atoms with Gasteiger partial charge in [0.2, 0.25) is 0 Å². The van der Waals surface area contributed by atoms with Gasteiger partial charge in [0.1, 0.15) is 5.54 Å². The fourth-order valence-corrected chi connectivity index (χ4v) is 4.28. The van der Waals surface area contributed by atoms with Crippen molar-refractivity contribution < 1.29 is 31.2 Å². The lowest BCUT2D eigenvalue weighted by molar-refractivity contribution is -0.120. The van der Waals surface area contributed by atoms with E-state index < -0.39 is 37.7 Å². The summed E-state index contributed by atoms with van der Waals surface area (Å²) in [6.45, 7) is 2.03. The number of carbonyl (C=O) groups is 2. The van der Waals surface area contributed by atoms with Crippen molar-refractivity contribution in [2.45, 2.75) is 42.3 Å². The van der Waals surface area contributed by atoms with Gasteiger partial charge in [0, 0.05) is 18.9 Å². The van der Waals surface area contributed by atoms with Crippen molar-refractivity contribution in [3.05, 3.63) is 53.9 Å². The summed E-state index contributed by atoms with van der Waals surface area (Å²) in [6, 6.07) is 4.71. The number of sulfone groups is 1. The molecule has 1 aliphatic carbocycles. The van der Waals surface area contributed by atoms with Crippen molar-refractivity contribution in [1.29, 1.82) is 0 Å². The van der Waals surface area contributed by atoms with Crippen LogP contribution in [-0.2, 0) is 21.2 Å². The molecule has 4 rings (SSSR count). The fourth-order valence-electron chi connectivity index (χ4n) is 3.52. The van der Waals surface area contributed by atoms with Crippen LogP contribution in [0.2, 0.25) is 0 Å². The van der Waals surface area contributed by atoms with Crippen LogP contribution in [0.25, 0.3) is 0 Å². The molecule has 0 unspecified atom stereocenters. The topological polar surface area (TPSA) is 87.7 Å². The van der Waals surface area contributed by atoms with Crippen molar-refractivity contribution in [2.75, 3.05) is 4.90 Å². The summed E-state index contributed by atoms with van der Waals surface area (Å²) in [7, 11) is -5.52. The van der Waals surface area contributed by atoms with E-state index in [0.717, 1.165) is 40.3 Å². The first-order valence-corrected chi connectivity index (χ1v) is 10.4. The van der Waals surface area contributed by atoms with E-state index >= 15 is 0 Å². The molecule has 2 fully saturated rings. The molecule has 0 bridgehead atoms. The number of alkyl halides is 3. The average Bonchev–Trinajstić information content (AvgIpc) is 3.45. The van der Waals surface area contributed by atoms with Crippen molar-refractivity contribution in [2.24, 2.45) is 0 Å². The molecule has 7 nitrogen and oxygen atoms in total. The Bertz CT molecular complexity index is 1140. The SMILES string of the molecule is Cc1cnccc1CN1C(=O)N(c2ccc(S(=O)(=O)C(F)(F)F)cc2)C(=O)C12CC2. The molecule has 2 heterocycles. The van der Waals surface area contributed by atoms with Crippen molar-refractivity contribution >= 4 is 27.5 Å². The molecule has 1 saturated carbocycles. The quantitative estimate of drug-likeness (QED) is 0.683. The second kappa shape index (κ2) is 6.53. The first kappa shape index (κ1) is 20.3. The summed E-state index contributed by atoms with van der Waals surface area (Å²) in [5.41, 5.74) is -4.71. The zero-order chi connectivity index (χ0) is 21.9. The maximum atomic E-state index is 13.0. The molecule has 1 aliphatic heterocycles. The van der Waals surface area contributed by atoms with E-state index in [1.54, 1.807) is 18.5 Å². The molecule has 1 aromatic carbocycles. The molecule has 11 heteroatoms. The van der Waals surface area contributed by atoms with Crippen LogP contribution in [0.15, 0.2) is 47.6 Å². The van der Waals surface area contributed by atoms with E-state index in [1.807, 2.05) is 6.92 Å². The highest BCUT2D eigenvalue weighted by atomic mass is 32.2. The number of benzene rings is 1. The zero-order valence-electron chi connectivity index (χ0n) is 15.7. The Kier molecular flexibility index (Phi) is 4.42. The van der Waals surface area contributed by atoms with Gasteiger partial charge in [0.15, 0.2) is 0 Å². The molecule has 2 aromatic rings. The highest BCUT2D eigenvalue weighted by molar-refractivity contribution is 7.92. The Morgan fingerprint density at radius 2 is 1.73 bits per heavy atom. The normalized spacial score (nSPS) is 18.4. The maximum absolute atomic E-state index is 13.0. The minimum absolute atomic E-state index is 0.0198. The van der Waals surface area contributed by atoms with E-state index in [0.29, 0.717) is 12.8 Å². The Morgan fingerprint density at radius 3 is 2.27 bits per heavy atom. The minimum atomic E-state index is -5.52. The number of anilines is 1. The molecular weight excluding hydrogens is 423 g/mol. The van der Waals surface area contributed by atoms with E-state index in [-0.39, 0.29) is 12.2 Å². The predicted molar refractivity (Wildman–Crippen MR) is 99.0 cm³/mol. The number of rotatable bonds is 4. The van der Waals surface area contributed by atoms with Crippen LogP contribution in [0.4, 0.5) is 23.7 Å². The molecule has 3 amide bonds. The number of aryl methyl sites for hydroxylation is 1. The highest BCUT2D eigenvalue weighted by Gasteiger charge is 2.65. The van der Waals surface area contributed by atoms with Crippen LogP contribution >= 0.6 is 0 Å². The summed E-state index contributed by atoms with van der Waals surface area (Å²) in [5.74, 6) is -0.467. The van der Waals surface area contributed by atoms with E-state index in [4.69, 9.17) is 0 Å². The van der Waals surface area contributed by atoms with E-state index in [1.165, 1.54) is 4.90 Å². The smallest absolute Gasteiger partial charge is 0.305 e. The van der Waals surface area contributed by atoms with Crippen LogP contribution in [-0.4, -0.2) is 41.3 Å². The molecule has 1 aromatic heterocycles. The van der Waals surface area contributed by atoms with Gasteiger partial charge in [-0.2, -0.15) is 13.2 Å². The lowest BCUT2D eigenvalue weighted by Crippen LogP contribution is -2.36. The second-order valence-electron chi connectivity index (χ2n) is 7.29. The lowest BCUT2D eigenvalue weighted by atomic mass is 10.1. The van der Waals surface area contributed by atoms with Gasteiger partial charge in [0.05, 0.1) is 10.6 Å². The standard InChI is InChI=1S/C19H16F3N3O4S/c1-12-10-23-9-6-13(12)11-24-17(27)25(16(26)18(24)7-8-18)14-2-4-15(5-3-14)30(28,29)19(20,21)22/h2-6,9-10H,7-8,11H2,1H3. The van der Waals surface area contributed by atoms with Gasteiger partial charge in [0.25, 0.3) is 15.7 Å². The highest BCUT2D eigenvalue weighted by Crippen LogP contribution is 2.49. The monoisotopic (exact) mass is 439 g/mol. The lowest BCUT2D eigenvalue weighted by Gasteiger charge is -2.22. The largest absolute Gasteiger partial charge is 0.501 e. The molecule has 0 radical (unpaired) electrons. The third kappa shape index (κ3) is 2.95. The van der Waals surface area contributed by atoms with Crippen LogP contribution in [0.5, 0.6) is 0 Å². The third-order valence-corrected chi connectivity index (χ3v) is 6.94. The summed E-state index contributed by atoms with van der Waals surface area (Å²) in [5, 5.41) is 0. The molecule has 2 aliphatic rings. The van der Waals surface area contributed by atoms with Gasteiger partial charge in [-0.15, -0.1) is 0 Å². The van der Waals surface area contributed by atoms with Crippen molar-refractivity contribution in [3.63, 3.8) is 0 Å². The number of imide groups is 1. The molecule has 158 valence electrons. The van der Waals surface area contributed by atoms with Gasteiger partial charge in [-0.05, 0) is 61.2 Å². The van der Waals surface area contributed by atoms with Gasteiger partial charge in [-0.3, -0.25) is 9.78 Å². The number of amides is 3. The number of aromatic nitrogens is 1. The first-order chi connectivity index (χ1) is 14.0. The molecule has 1 saturated heterocycles. The number of urea groups is 1. The molecule has 0 N–H and O–H groups in total. The fraction of sp³-hybridized carbons (Fsp3) is 0.316. The van der Waals surface area contributed by atoms with Crippen LogP contribution in [0.1, 0.15) is 24.0 Å². The predicted octanol–water partition coefficient (Wildman–Crippen LogP) is 3.18. The second-order valence-corrected chi connectivity index (χ2v) is 9.23. The Balaban J connectivity index is 1.65. The molecule has 0 atom stereocenters. The molecule has 1 spiro atoms. The summed E-state index contributed by atoms with van der Waals surface area (Å²) < 4.78 is 61.2. The zero-order valence-corrected chi connectivity index (χ0v) is 16.5. The van der Waals surface area contributed by atoms with Crippen LogP contribution < -0.4 is 4.90 Å².